The van der Waals surface area contributed by atoms with Gasteiger partial charge in [-0.3, -0.25) is 9.79 Å². The average Bonchev–Trinajstić information content (AvgIpc) is 2.64. The molecule has 1 amide bonds. The third-order valence-electron chi connectivity index (χ3n) is 3.31. The Morgan fingerprint density at radius 3 is 2.47 bits per heavy atom. The lowest BCUT2D eigenvalue weighted by Gasteiger charge is -2.23. The fourth-order valence-electron chi connectivity index (χ4n) is 2.13. The molecular weight excluding hydrogens is 355 g/mol. The van der Waals surface area contributed by atoms with Crippen LogP contribution in [0.1, 0.15) is 26.7 Å². The second-order valence-corrected chi connectivity index (χ2v) is 5.85. The van der Waals surface area contributed by atoms with E-state index in [0.29, 0.717) is 18.4 Å². The number of nitrogens with one attached hydrogen (secondary N) is 1. The Balaban J connectivity index is 0.00000324. The Labute approximate surface area is 133 Å². The molecule has 0 radical (unpaired) electrons. The lowest BCUT2D eigenvalue weighted by Crippen LogP contribution is -2.42. The van der Waals surface area contributed by atoms with Crippen molar-refractivity contribution in [2.75, 3.05) is 40.8 Å². The van der Waals surface area contributed by atoms with Crippen molar-refractivity contribution in [3.05, 3.63) is 0 Å². The van der Waals surface area contributed by atoms with E-state index in [2.05, 4.69) is 29.1 Å². The van der Waals surface area contributed by atoms with Crippen molar-refractivity contribution in [1.29, 1.82) is 0 Å². The third kappa shape index (κ3) is 5.97. The molecule has 1 aliphatic rings. The number of rotatable bonds is 3. The van der Waals surface area contributed by atoms with Gasteiger partial charge in [0.1, 0.15) is 0 Å². The first-order valence-corrected chi connectivity index (χ1v) is 6.51. The average molecular weight is 382 g/mol. The van der Waals surface area contributed by atoms with Gasteiger partial charge in [-0.25, -0.2) is 0 Å². The molecule has 0 saturated carbocycles. The van der Waals surface area contributed by atoms with E-state index in [9.17, 15) is 4.79 Å². The maximum atomic E-state index is 11.5. The molecule has 1 heterocycles. The van der Waals surface area contributed by atoms with Crippen molar-refractivity contribution in [2.45, 2.75) is 26.7 Å². The van der Waals surface area contributed by atoms with Crippen LogP contribution in [0.15, 0.2) is 4.99 Å². The van der Waals surface area contributed by atoms with Crippen molar-refractivity contribution in [1.82, 2.24) is 15.1 Å². The highest BCUT2D eigenvalue weighted by atomic mass is 127. The van der Waals surface area contributed by atoms with Crippen LogP contribution in [0, 0.1) is 5.41 Å². The van der Waals surface area contributed by atoms with Crippen LogP contribution in [0.25, 0.3) is 0 Å². The largest absolute Gasteiger partial charge is 0.356 e. The van der Waals surface area contributed by atoms with Gasteiger partial charge >= 0.3 is 0 Å². The molecule has 1 aliphatic heterocycles. The van der Waals surface area contributed by atoms with Crippen LogP contribution < -0.4 is 5.32 Å². The fraction of sp³-hybridized carbons (Fsp3) is 0.846. The molecule has 0 aromatic rings. The van der Waals surface area contributed by atoms with Gasteiger partial charge in [0.15, 0.2) is 5.96 Å². The second-order valence-electron chi connectivity index (χ2n) is 5.85. The molecule has 0 bridgehead atoms. The Hall–Kier alpha value is -0.530. The summed E-state index contributed by atoms with van der Waals surface area (Å²) in [5, 5.41) is 3.26. The summed E-state index contributed by atoms with van der Waals surface area (Å²) >= 11 is 0. The standard InChI is InChI=1S/C13H26N4O.HI/c1-13(2)7-9-17(10-13)12(14-3)15-8-6-11(18)16(4)5;/h6-10H2,1-5H3,(H,14,15);1H. The van der Waals surface area contributed by atoms with E-state index in [1.807, 2.05) is 0 Å². The quantitative estimate of drug-likeness (QED) is 0.456. The van der Waals surface area contributed by atoms with Crippen LogP contribution in [-0.2, 0) is 4.79 Å². The lowest BCUT2D eigenvalue weighted by atomic mass is 9.93. The molecule has 0 aliphatic carbocycles. The summed E-state index contributed by atoms with van der Waals surface area (Å²) in [6.07, 6.45) is 1.69. The van der Waals surface area contributed by atoms with Gasteiger partial charge in [0.05, 0.1) is 0 Å². The molecule has 5 nitrogen and oxygen atoms in total. The Kier molecular flexibility index (Phi) is 7.69. The van der Waals surface area contributed by atoms with Gasteiger partial charge < -0.3 is 15.1 Å². The minimum atomic E-state index is 0. The lowest BCUT2D eigenvalue weighted by molar-refractivity contribution is -0.128. The second kappa shape index (κ2) is 7.91. The van der Waals surface area contributed by atoms with Gasteiger partial charge in [-0.15, -0.1) is 24.0 Å². The number of nitrogens with zero attached hydrogens (tertiary/aromatic N) is 3. The van der Waals surface area contributed by atoms with Crippen LogP contribution >= 0.6 is 24.0 Å². The summed E-state index contributed by atoms with van der Waals surface area (Å²) in [4.78, 5) is 19.6. The zero-order valence-electron chi connectivity index (χ0n) is 12.7. The Morgan fingerprint density at radius 2 is 2.05 bits per heavy atom. The summed E-state index contributed by atoms with van der Waals surface area (Å²) in [6, 6.07) is 0. The highest BCUT2D eigenvalue weighted by molar-refractivity contribution is 14.0. The Bertz CT molecular complexity index is 329. The minimum Gasteiger partial charge on any atom is -0.356 e. The van der Waals surface area contributed by atoms with E-state index in [-0.39, 0.29) is 29.9 Å². The number of hydrogen-bond donors (Lipinski definition) is 1. The van der Waals surface area contributed by atoms with Gasteiger partial charge in [-0.2, -0.15) is 0 Å². The maximum absolute atomic E-state index is 11.5. The van der Waals surface area contributed by atoms with Crippen LogP contribution in [0.2, 0.25) is 0 Å². The number of carbonyl (C=O) groups excluding carboxylic acids is 1. The zero-order chi connectivity index (χ0) is 13.8. The van der Waals surface area contributed by atoms with Gasteiger partial charge in [0.25, 0.3) is 0 Å². The van der Waals surface area contributed by atoms with Crippen LogP contribution in [0.4, 0.5) is 0 Å². The number of guanidine groups is 1. The first-order chi connectivity index (χ1) is 8.35. The number of halogens is 1. The molecule has 0 aromatic carbocycles. The Morgan fingerprint density at radius 1 is 1.42 bits per heavy atom. The summed E-state index contributed by atoms with van der Waals surface area (Å²) in [6.45, 7) is 7.24. The van der Waals surface area contributed by atoms with Crippen LogP contribution in [0.5, 0.6) is 0 Å². The first kappa shape index (κ1) is 18.5. The predicted octanol–water partition coefficient (Wildman–Crippen LogP) is 1.39. The number of likely N-dealkylation sites (tertiary alicyclic amines) is 1. The molecule has 19 heavy (non-hydrogen) atoms. The predicted molar refractivity (Wildman–Crippen MR) is 90.1 cm³/mol. The van der Waals surface area contributed by atoms with Gasteiger partial charge in [-0.05, 0) is 11.8 Å². The highest BCUT2D eigenvalue weighted by Gasteiger charge is 2.30. The summed E-state index contributed by atoms with van der Waals surface area (Å²) in [5.41, 5.74) is 0.358. The molecule has 1 rings (SSSR count). The summed E-state index contributed by atoms with van der Waals surface area (Å²) < 4.78 is 0. The van der Waals surface area contributed by atoms with Gasteiger partial charge in [0, 0.05) is 47.2 Å². The third-order valence-corrected chi connectivity index (χ3v) is 3.31. The van der Waals surface area contributed by atoms with E-state index >= 15 is 0 Å². The molecular formula is C13H27IN4O. The van der Waals surface area contributed by atoms with Crippen molar-refractivity contribution in [3.8, 4) is 0 Å². The van der Waals surface area contributed by atoms with Crippen molar-refractivity contribution < 1.29 is 4.79 Å². The van der Waals surface area contributed by atoms with Gasteiger partial charge in [0.2, 0.25) is 5.91 Å². The van der Waals surface area contributed by atoms with Crippen molar-refractivity contribution in [2.24, 2.45) is 10.4 Å². The molecule has 0 aromatic heterocycles. The van der Waals surface area contributed by atoms with E-state index < -0.39 is 0 Å². The molecule has 0 atom stereocenters. The molecule has 0 unspecified atom stereocenters. The summed E-state index contributed by atoms with van der Waals surface area (Å²) in [7, 11) is 5.35. The molecule has 1 fully saturated rings. The SMILES string of the molecule is CN=C(NCCC(=O)N(C)C)N1CCC(C)(C)C1.I. The van der Waals surface area contributed by atoms with E-state index in [1.165, 1.54) is 6.42 Å². The van der Waals surface area contributed by atoms with Crippen LogP contribution in [-0.4, -0.2) is 62.4 Å². The summed E-state index contributed by atoms with van der Waals surface area (Å²) in [5.74, 6) is 1.05. The first-order valence-electron chi connectivity index (χ1n) is 6.51. The zero-order valence-corrected chi connectivity index (χ0v) is 15.0. The monoisotopic (exact) mass is 382 g/mol. The molecule has 112 valence electrons. The maximum Gasteiger partial charge on any atom is 0.223 e. The van der Waals surface area contributed by atoms with Crippen molar-refractivity contribution >= 4 is 35.8 Å². The smallest absolute Gasteiger partial charge is 0.223 e. The highest BCUT2D eigenvalue weighted by Crippen LogP contribution is 2.28. The molecule has 1 saturated heterocycles. The van der Waals surface area contributed by atoms with E-state index in [1.54, 1.807) is 26.0 Å². The molecule has 1 N–H and O–H groups in total. The van der Waals surface area contributed by atoms with Crippen LogP contribution in [0.3, 0.4) is 0 Å². The molecule has 0 spiro atoms. The molecule has 6 heteroatoms. The fourth-order valence-corrected chi connectivity index (χ4v) is 2.13. The van der Waals surface area contributed by atoms with Gasteiger partial charge in [-0.1, -0.05) is 13.8 Å². The number of amides is 1. The number of hydrogen-bond acceptors (Lipinski definition) is 2. The minimum absolute atomic E-state index is 0. The van der Waals surface area contributed by atoms with Crippen molar-refractivity contribution in [3.63, 3.8) is 0 Å². The topological polar surface area (TPSA) is 47.9 Å². The van der Waals surface area contributed by atoms with E-state index in [4.69, 9.17) is 0 Å². The number of aliphatic imine (C=N–C) groups is 1. The normalized spacial score (nSPS) is 17.9. The van der Waals surface area contributed by atoms with E-state index in [0.717, 1.165) is 19.0 Å². The number of carbonyl (C=O) groups is 1.